The number of halogens is 2. The molecule has 0 spiro atoms. The van der Waals surface area contributed by atoms with Crippen molar-refractivity contribution >= 4 is 11.6 Å². The Hall–Kier alpha value is -0.640. The molecule has 1 aromatic rings. The molecule has 2 atom stereocenters. The van der Waals surface area contributed by atoms with Crippen molar-refractivity contribution < 1.29 is 9.13 Å². The number of hydrogen-bond acceptors (Lipinski definition) is 2. The molecule has 1 heterocycles. The molecule has 19 heavy (non-hydrogen) atoms. The van der Waals surface area contributed by atoms with Gasteiger partial charge in [-0.3, -0.25) is 0 Å². The van der Waals surface area contributed by atoms with Crippen molar-refractivity contribution in [3.63, 3.8) is 0 Å². The molecule has 2 unspecified atom stereocenters. The molecular weight excluding hydrogens is 265 g/mol. The minimum atomic E-state index is -0.343. The van der Waals surface area contributed by atoms with E-state index in [4.69, 9.17) is 16.3 Å². The molecule has 1 fully saturated rings. The van der Waals surface area contributed by atoms with Gasteiger partial charge in [0, 0.05) is 24.6 Å². The Balaban J connectivity index is 2.04. The van der Waals surface area contributed by atoms with Crippen LogP contribution in [0.4, 0.5) is 4.39 Å². The summed E-state index contributed by atoms with van der Waals surface area (Å²) in [7, 11) is 0. The number of hydrogen-bond donors (Lipinski definition) is 1. The molecule has 0 aliphatic carbocycles. The Morgan fingerprint density at radius 2 is 2.26 bits per heavy atom. The summed E-state index contributed by atoms with van der Waals surface area (Å²) in [5.41, 5.74) is 0.585. The van der Waals surface area contributed by atoms with Crippen LogP contribution in [0, 0.1) is 17.7 Å². The monoisotopic (exact) mass is 285 g/mol. The summed E-state index contributed by atoms with van der Waals surface area (Å²) in [6.45, 7) is 6.86. The minimum absolute atomic E-state index is 0.168. The van der Waals surface area contributed by atoms with Crippen LogP contribution in [0.1, 0.15) is 31.9 Å². The zero-order valence-electron chi connectivity index (χ0n) is 11.5. The zero-order valence-corrected chi connectivity index (χ0v) is 12.2. The van der Waals surface area contributed by atoms with Crippen molar-refractivity contribution in [1.82, 2.24) is 5.32 Å². The second-order valence-corrected chi connectivity index (χ2v) is 5.94. The maximum absolute atomic E-state index is 14.0. The highest BCUT2D eigenvalue weighted by Crippen LogP contribution is 2.36. The lowest BCUT2D eigenvalue weighted by Gasteiger charge is -2.20. The van der Waals surface area contributed by atoms with Crippen LogP contribution in [0.15, 0.2) is 18.2 Å². The second-order valence-electron chi connectivity index (χ2n) is 5.54. The van der Waals surface area contributed by atoms with E-state index in [1.807, 2.05) is 0 Å². The number of ether oxygens (including phenoxy) is 1. The van der Waals surface area contributed by atoms with E-state index in [-0.39, 0.29) is 16.9 Å². The molecule has 1 aliphatic heterocycles. The fourth-order valence-electron chi connectivity index (χ4n) is 2.48. The third kappa shape index (κ3) is 3.68. The highest BCUT2D eigenvalue weighted by molar-refractivity contribution is 6.30. The van der Waals surface area contributed by atoms with Crippen molar-refractivity contribution in [1.29, 1.82) is 0 Å². The summed E-state index contributed by atoms with van der Waals surface area (Å²) < 4.78 is 19.8. The lowest BCUT2D eigenvalue weighted by molar-refractivity contribution is 0.0873. The van der Waals surface area contributed by atoms with Gasteiger partial charge in [0.1, 0.15) is 5.82 Å². The molecule has 1 aliphatic rings. The summed E-state index contributed by atoms with van der Waals surface area (Å²) in [6.07, 6.45) is 0.778. The molecule has 106 valence electrons. The van der Waals surface area contributed by atoms with Crippen LogP contribution in [0.25, 0.3) is 0 Å². The van der Waals surface area contributed by atoms with Gasteiger partial charge in [-0.25, -0.2) is 4.39 Å². The first-order valence-corrected chi connectivity index (χ1v) is 7.23. The van der Waals surface area contributed by atoms with Gasteiger partial charge in [0.25, 0.3) is 0 Å². The molecule has 0 amide bonds. The topological polar surface area (TPSA) is 21.3 Å². The van der Waals surface area contributed by atoms with Crippen LogP contribution in [0.5, 0.6) is 0 Å². The predicted molar refractivity (Wildman–Crippen MR) is 75.9 cm³/mol. The van der Waals surface area contributed by atoms with Gasteiger partial charge in [-0.1, -0.05) is 37.6 Å². The van der Waals surface area contributed by atoms with Gasteiger partial charge in [0.2, 0.25) is 0 Å². The summed E-state index contributed by atoms with van der Waals surface area (Å²) in [6, 6.07) is 5.12. The molecule has 0 aromatic heterocycles. The lowest BCUT2D eigenvalue weighted by atomic mass is 9.94. The smallest absolute Gasteiger partial charge is 0.147 e. The molecule has 4 heteroatoms. The number of nitrogens with one attached hydrogen (secondary N) is 1. The van der Waals surface area contributed by atoms with E-state index < -0.39 is 0 Å². The summed E-state index contributed by atoms with van der Waals surface area (Å²) >= 11 is 5.84. The highest BCUT2D eigenvalue weighted by atomic mass is 35.5. The van der Waals surface area contributed by atoms with Crippen molar-refractivity contribution in [3.8, 4) is 0 Å². The quantitative estimate of drug-likeness (QED) is 0.888. The van der Waals surface area contributed by atoms with Crippen LogP contribution < -0.4 is 5.32 Å². The van der Waals surface area contributed by atoms with Crippen LogP contribution in [0.2, 0.25) is 5.02 Å². The van der Waals surface area contributed by atoms with E-state index in [1.54, 1.807) is 18.2 Å². The summed E-state index contributed by atoms with van der Waals surface area (Å²) in [5, 5.41) is 3.59. The Kier molecular flexibility index (Phi) is 5.20. The van der Waals surface area contributed by atoms with Crippen molar-refractivity contribution in [2.75, 3.05) is 19.7 Å². The Bertz CT molecular complexity index is 425. The van der Waals surface area contributed by atoms with E-state index in [2.05, 4.69) is 19.2 Å². The van der Waals surface area contributed by atoms with Crippen molar-refractivity contribution in [2.45, 2.75) is 26.4 Å². The second kappa shape index (κ2) is 6.69. The average Bonchev–Trinajstić information content (AvgIpc) is 2.80. The van der Waals surface area contributed by atoms with E-state index in [0.717, 1.165) is 19.5 Å². The lowest BCUT2D eigenvalue weighted by Crippen LogP contribution is -2.28. The van der Waals surface area contributed by atoms with Gasteiger partial charge in [-0.05, 0) is 24.9 Å². The maximum Gasteiger partial charge on any atom is 0.147 e. The Morgan fingerprint density at radius 3 is 3.00 bits per heavy atom. The van der Waals surface area contributed by atoms with Crippen LogP contribution in [-0.4, -0.2) is 19.7 Å². The Morgan fingerprint density at radius 1 is 1.47 bits per heavy atom. The van der Waals surface area contributed by atoms with Gasteiger partial charge in [-0.15, -0.1) is 0 Å². The van der Waals surface area contributed by atoms with Crippen molar-refractivity contribution in [2.24, 2.45) is 11.8 Å². The molecule has 2 nitrogen and oxygen atoms in total. The fraction of sp³-hybridized carbons (Fsp3) is 0.600. The number of benzene rings is 1. The van der Waals surface area contributed by atoms with E-state index in [9.17, 15) is 4.39 Å². The van der Waals surface area contributed by atoms with Gasteiger partial charge in [-0.2, -0.15) is 0 Å². The Labute approximate surface area is 119 Å². The van der Waals surface area contributed by atoms with Gasteiger partial charge >= 0.3 is 0 Å². The SMILES string of the molecule is CC(C)CNCC1CCOC1c1cccc(Cl)c1F. The predicted octanol–water partition coefficient (Wildman–Crippen LogP) is 3.80. The summed E-state index contributed by atoms with van der Waals surface area (Å²) in [4.78, 5) is 0. The summed E-state index contributed by atoms with van der Waals surface area (Å²) in [5.74, 6) is 0.584. The van der Waals surface area contributed by atoms with E-state index in [0.29, 0.717) is 24.0 Å². The molecule has 2 rings (SSSR count). The third-order valence-corrected chi connectivity index (χ3v) is 3.75. The minimum Gasteiger partial charge on any atom is -0.373 e. The average molecular weight is 286 g/mol. The molecule has 1 saturated heterocycles. The fourth-order valence-corrected chi connectivity index (χ4v) is 2.67. The molecule has 1 aromatic carbocycles. The maximum atomic E-state index is 14.0. The molecule has 0 saturated carbocycles. The van der Waals surface area contributed by atoms with Crippen LogP contribution in [0.3, 0.4) is 0 Å². The zero-order chi connectivity index (χ0) is 13.8. The van der Waals surface area contributed by atoms with Gasteiger partial charge < -0.3 is 10.1 Å². The van der Waals surface area contributed by atoms with Gasteiger partial charge in [0.05, 0.1) is 11.1 Å². The van der Waals surface area contributed by atoms with E-state index >= 15 is 0 Å². The van der Waals surface area contributed by atoms with Crippen LogP contribution >= 0.6 is 11.6 Å². The molecule has 1 N–H and O–H groups in total. The largest absolute Gasteiger partial charge is 0.373 e. The molecule has 0 radical (unpaired) electrons. The standard InChI is InChI=1S/C15H21ClFNO/c1-10(2)8-18-9-11-6-7-19-15(11)12-4-3-5-13(16)14(12)17/h3-5,10-11,15,18H,6-9H2,1-2H3. The highest BCUT2D eigenvalue weighted by Gasteiger charge is 2.31. The first-order chi connectivity index (χ1) is 9.09. The third-order valence-electron chi connectivity index (χ3n) is 3.46. The molecular formula is C15H21ClFNO. The van der Waals surface area contributed by atoms with Crippen molar-refractivity contribution in [3.05, 3.63) is 34.6 Å². The first kappa shape index (κ1) is 14.8. The molecule has 0 bridgehead atoms. The van der Waals surface area contributed by atoms with Gasteiger partial charge in [0.15, 0.2) is 0 Å². The number of rotatable bonds is 5. The first-order valence-electron chi connectivity index (χ1n) is 6.85. The normalized spacial score (nSPS) is 23.2. The van der Waals surface area contributed by atoms with Crippen LogP contribution in [-0.2, 0) is 4.74 Å². The van der Waals surface area contributed by atoms with E-state index in [1.165, 1.54) is 0 Å².